The molecule has 0 aliphatic rings. The summed E-state index contributed by atoms with van der Waals surface area (Å²) in [6, 6.07) is 8.75. The molecule has 1 atom stereocenters. The first-order valence-electron chi connectivity index (χ1n) is 9.14. The van der Waals surface area contributed by atoms with E-state index in [2.05, 4.69) is 20.8 Å². The van der Waals surface area contributed by atoms with Crippen LogP contribution in [-0.4, -0.2) is 52.1 Å². The molecule has 1 aromatic heterocycles. The summed E-state index contributed by atoms with van der Waals surface area (Å²) in [5.74, 6) is -0.0701. The Labute approximate surface area is 165 Å². The molecule has 1 aromatic carbocycles. The second-order valence-corrected chi connectivity index (χ2v) is 9.57. The average Bonchev–Trinajstić information content (AvgIpc) is 3.08. The first kappa shape index (κ1) is 21.8. The quantitative estimate of drug-likeness (QED) is 0.666. The van der Waals surface area contributed by atoms with E-state index in [1.807, 2.05) is 13.0 Å². The minimum absolute atomic E-state index is 0.0701. The number of aromatic nitrogens is 4. The van der Waals surface area contributed by atoms with Gasteiger partial charge in [-0.1, -0.05) is 29.7 Å². The van der Waals surface area contributed by atoms with Gasteiger partial charge >= 0.3 is 6.09 Å². The fraction of sp³-hybridized carbons (Fsp3) is 0.556. The van der Waals surface area contributed by atoms with E-state index in [-0.39, 0.29) is 17.0 Å². The van der Waals surface area contributed by atoms with E-state index in [4.69, 9.17) is 4.74 Å². The molecule has 9 nitrogen and oxygen atoms in total. The molecule has 1 N–H and O–H groups in total. The first-order chi connectivity index (χ1) is 13.1. The van der Waals surface area contributed by atoms with Gasteiger partial charge in [0.2, 0.25) is 9.84 Å². The van der Waals surface area contributed by atoms with Crippen LogP contribution >= 0.6 is 0 Å². The Morgan fingerprint density at radius 3 is 2.54 bits per heavy atom. The van der Waals surface area contributed by atoms with Gasteiger partial charge in [0.25, 0.3) is 5.16 Å². The number of unbranched alkanes of at least 4 members (excludes halogenated alkanes) is 1. The van der Waals surface area contributed by atoms with Gasteiger partial charge < -0.3 is 10.1 Å². The Morgan fingerprint density at radius 2 is 1.89 bits per heavy atom. The van der Waals surface area contributed by atoms with Crippen LogP contribution in [0.25, 0.3) is 5.69 Å². The molecule has 0 aliphatic carbocycles. The molecule has 0 saturated carbocycles. The molecule has 0 aliphatic heterocycles. The number of benzene rings is 1. The molecule has 0 bridgehead atoms. The SMILES string of the molecule is C[C@@H](CCCCS(=O)(=O)c1nnnn1-c1ccccc1)NC(=O)OC(C)(C)C. The zero-order chi connectivity index (χ0) is 20.8. The zero-order valence-corrected chi connectivity index (χ0v) is 17.4. The summed E-state index contributed by atoms with van der Waals surface area (Å²) in [6.45, 7) is 7.25. The zero-order valence-electron chi connectivity index (χ0n) is 16.6. The van der Waals surface area contributed by atoms with E-state index in [1.165, 1.54) is 4.68 Å². The Kier molecular flexibility index (Phi) is 7.11. The second-order valence-electron chi connectivity index (χ2n) is 7.57. The minimum Gasteiger partial charge on any atom is -0.444 e. The Morgan fingerprint density at radius 1 is 1.21 bits per heavy atom. The van der Waals surface area contributed by atoms with Crippen LogP contribution in [0.5, 0.6) is 0 Å². The first-order valence-corrected chi connectivity index (χ1v) is 10.8. The molecule has 28 heavy (non-hydrogen) atoms. The number of rotatable bonds is 8. The van der Waals surface area contributed by atoms with E-state index >= 15 is 0 Å². The fourth-order valence-corrected chi connectivity index (χ4v) is 3.85. The third-order valence-electron chi connectivity index (χ3n) is 3.78. The highest BCUT2D eigenvalue weighted by atomic mass is 32.2. The van der Waals surface area contributed by atoms with Crippen LogP contribution < -0.4 is 5.32 Å². The van der Waals surface area contributed by atoms with Crippen molar-refractivity contribution >= 4 is 15.9 Å². The van der Waals surface area contributed by atoms with Crippen molar-refractivity contribution < 1.29 is 17.9 Å². The molecule has 0 saturated heterocycles. The number of nitrogens with one attached hydrogen (secondary N) is 1. The van der Waals surface area contributed by atoms with Gasteiger partial charge in [0.05, 0.1) is 11.4 Å². The van der Waals surface area contributed by atoms with Gasteiger partial charge in [-0.15, -0.1) is 0 Å². The maximum Gasteiger partial charge on any atom is 0.407 e. The molecule has 10 heteroatoms. The summed E-state index contributed by atoms with van der Waals surface area (Å²) < 4.78 is 31.7. The third kappa shape index (κ3) is 6.59. The van der Waals surface area contributed by atoms with Crippen molar-refractivity contribution in [3.05, 3.63) is 30.3 Å². The van der Waals surface area contributed by atoms with Crippen LogP contribution in [-0.2, 0) is 14.6 Å². The lowest BCUT2D eigenvalue weighted by molar-refractivity contribution is 0.0506. The number of hydrogen-bond donors (Lipinski definition) is 1. The largest absolute Gasteiger partial charge is 0.444 e. The predicted octanol–water partition coefficient (Wildman–Crippen LogP) is 2.52. The molecule has 0 radical (unpaired) electrons. The Hall–Kier alpha value is -2.49. The van der Waals surface area contributed by atoms with Gasteiger partial charge in [-0.2, -0.15) is 4.68 Å². The lowest BCUT2D eigenvalue weighted by Crippen LogP contribution is -2.37. The summed E-state index contributed by atoms with van der Waals surface area (Å²) in [5, 5.41) is 13.6. The summed E-state index contributed by atoms with van der Waals surface area (Å²) in [4.78, 5) is 11.7. The van der Waals surface area contributed by atoms with E-state index in [0.29, 0.717) is 24.9 Å². The van der Waals surface area contributed by atoms with Gasteiger partial charge in [-0.3, -0.25) is 0 Å². The van der Waals surface area contributed by atoms with Crippen molar-refractivity contribution in [3.8, 4) is 5.69 Å². The lowest BCUT2D eigenvalue weighted by Gasteiger charge is -2.21. The Balaban J connectivity index is 1.85. The molecular formula is C18H27N5O4S. The maximum atomic E-state index is 12.6. The minimum atomic E-state index is -3.63. The van der Waals surface area contributed by atoms with Crippen molar-refractivity contribution in [1.29, 1.82) is 0 Å². The van der Waals surface area contributed by atoms with Crippen LogP contribution in [0.3, 0.4) is 0 Å². The number of carbonyl (C=O) groups excluding carboxylic acids is 1. The van der Waals surface area contributed by atoms with Crippen molar-refractivity contribution in [2.75, 3.05) is 5.75 Å². The molecule has 2 aromatic rings. The summed E-state index contributed by atoms with van der Waals surface area (Å²) in [6.07, 6.45) is 1.22. The maximum absolute atomic E-state index is 12.6. The molecule has 0 spiro atoms. The molecule has 1 heterocycles. The van der Waals surface area contributed by atoms with Crippen molar-refractivity contribution in [2.24, 2.45) is 0 Å². The van der Waals surface area contributed by atoms with Gasteiger partial charge in [0.15, 0.2) is 0 Å². The van der Waals surface area contributed by atoms with Crippen LogP contribution in [0.2, 0.25) is 0 Å². The average molecular weight is 410 g/mol. The van der Waals surface area contributed by atoms with E-state index < -0.39 is 21.5 Å². The number of ether oxygens (including phenoxy) is 1. The number of tetrazole rings is 1. The summed E-state index contributed by atoms with van der Waals surface area (Å²) in [7, 11) is -3.63. The molecule has 1 amide bonds. The highest BCUT2D eigenvalue weighted by Crippen LogP contribution is 2.15. The fourth-order valence-electron chi connectivity index (χ4n) is 2.52. The highest BCUT2D eigenvalue weighted by Gasteiger charge is 2.23. The second kappa shape index (κ2) is 9.13. The number of sulfone groups is 1. The van der Waals surface area contributed by atoms with E-state index in [1.54, 1.807) is 45.0 Å². The molecule has 2 rings (SSSR count). The van der Waals surface area contributed by atoms with Crippen LogP contribution in [0.4, 0.5) is 4.79 Å². The number of amides is 1. The van der Waals surface area contributed by atoms with Crippen molar-refractivity contribution in [1.82, 2.24) is 25.5 Å². The topological polar surface area (TPSA) is 116 Å². The van der Waals surface area contributed by atoms with Gasteiger partial charge in [0.1, 0.15) is 5.60 Å². The monoisotopic (exact) mass is 409 g/mol. The lowest BCUT2D eigenvalue weighted by atomic mass is 10.1. The standard InChI is InChI=1S/C18H27N5O4S/c1-14(19-17(24)27-18(2,3)4)10-8-9-13-28(25,26)16-20-21-22-23(16)15-11-6-5-7-12-15/h5-7,11-12,14H,8-10,13H2,1-4H3,(H,19,24)/t14-/m0/s1. The van der Waals surface area contributed by atoms with Crippen molar-refractivity contribution in [3.63, 3.8) is 0 Å². The molecule has 0 unspecified atom stereocenters. The number of hydrogen-bond acceptors (Lipinski definition) is 7. The number of nitrogens with zero attached hydrogens (tertiary/aromatic N) is 4. The summed E-state index contributed by atoms with van der Waals surface area (Å²) in [5.41, 5.74) is 0.0296. The molecular weight excluding hydrogens is 382 g/mol. The Bertz CT molecular complexity index is 875. The van der Waals surface area contributed by atoms with Crippen LogP contribution in [0, 0.1) is 0 Å². The van der Waals surface area contributed by atoms with Crippen LogP contribution in [0.1, 0.15) is 47.0 Å². The van der Waals surface area contributed by atoms with E-state index in [0.717, 1.165) is 0 Å². The molecule has 154 valence electrons. The van der Waals surface area contributed by atoms with Crippen molar-refractivity contribution in [2.45, 2.75) is 63.8 Å². The smallest absolute Gasteiger partial charge is 0.407 e. The third-order valence-corrected chi connectivity index (χ3v) is 5.42. The number of carbonyl (C=O) groups is 1. The molecule has 0 fully saturated rings. The highest BCUT2D eigenvalue weighted by molar-refractivity contribution is 7.91. The van der Waals surface area contributed by atoms with E-state index in [9.17, 15) is 13.2 Å². The predicted molar refractivity (Wildman–Crippen MR) is 104 cm³/mol. The van der Waals surface area contributed by atoms with Gasteiger partial charge in [-0.25, -0.2) is 13.2 Å². The summed E-state index contributed by atoms with van der Waals surface area (Å²) >= 11 is 0. The van der Waals surface area contributed by atoms with Crippen LogP contribution in [0.15, 0.2) is 35.5 Å². The van der Waals surface area contributed by atoms with Gasteiger partial charge in [0, 0.05) is 6.04 Å². The number of para-hydroxylation sites is 1. The van der Waals surface area contributed by atoms with Gasteiger partial charge in [-0.05, 0) is 63.1 Å². The number of alkyl carbamates (subject to hydrolysis) is 1. The normalized spacial score (nSPS) is 13.1.